The van der Waals surface area contributed by atoms with Crippen LogP contribution in [0, 0.1) is 6.92 Å². The molecule has 19 heavy (non-hydrogen) atoms. The van der Waals surface area contributed by atoms with Crippen molar-refractivity contribution < 1.29 is 9.90 Å². The summed E-state index contributed by atoms with van der Waals surface area (Å²) in [4.78, 5) is 10.9. The summed E-state index contributed by atoms with van der Waals surface area (Å²) < 4.78 is 0. The maximum atomic E-state index is 10.9. The number of rotatable bonds is 3. The third-order valence-electron chi connectivity index (χ3n) is 3.77. The number of H-pyrrole nitrogens is 1. The van der Waals surface area contributed by atoms with Gasteiger partial charge in [-0.2, -0.15) is 5.10 Å². The molecule has 1 aliphatic carbocycles. The monoisotopic (exact) mass is 256 g/mol. The van der Waals surface area contributed by atoms with E-state index in [0.717, 1.165) is 35.4 Å². The lowest BCUT2D eigenvalue weighted by atomic mass is 10.00. The van der Waals surface area contributed by atoms with Crippen molar-refractivity contribution in [1.29, 1.82) is 0 Å². The Hall–Kier alpha value is -2.10. The van der Waals surface area contributed by atoms with Crippen LogP contribution in [0.3, 0.4) is 0 Å². The number of aromatic amines is 1. The summed E-state index contributed by atoms with van der Waals surface area (Å²) in [6.07, 6.45) is 3.48. The SMILES string of the molecule is Cc1[nH]nc(-c2ccc3c(c2)CCC3)c1CC(=O)O. The van der Waals surface area contributed by atoms with E-state index in [1.165, 1.54) is 17.5 Å². The molecule has 0 saturated carbocycles. The van der Waals surface area contributed by atoms with Gasteiger partial charge < -0.3 is 5.11 Å². The van der Waals surface area contributed by atoms with Crippen molar-refractivity contribution in [2.24, 2.45) is 0 Å². The first-order valence-corrected chi connectivity index (χ1v) is 6.53. The minimum absolute atomic E-state index is 0.00868. The zero-order valence-electron chi connectivity index (χ0n) is 10.9. The maximum absolute atomic E-state index is 10.9. The molecule has 0 atom stereocenters. The molecule has 0 bridgehead atoms. The molecule has 2 N–H and O–H groups in total. The van der Waals surface area contributed by atoms with Crippen molar-refractivity contribution in [3.63, 3.8) is 0 Å². The Morgan fingerprint density at radius 1 is 1.37 bits per heavy atom. The lowest BCUT2D eigenvalue weighted by Gasteiger charge is -2.05. The summed E-state index contributed by atoms with van der Waals surface area (Å²) in [6, 6.07) is 6.35. The highest BCUT2D eigenvalue weighted by Gasteiger charge is 2.17. The molecule has 4 heteroatoms. The molecule has 98 valence electrons. The van der Waals surface area contributed by atoms with E-state index < -0.39 is 5.97 Å². The number of aryl methyl sites for hydroxylation is 3. The second-order valence-electron chi connectivity index (χ2n) is 5.08. The third-order valence-corrected chi connectivity index (χ3v) is 3.77. The molecule has 0 amide bonds. The van der Waals surface area contributed by atoms with Crippen LogP contribution in [0.2, 0.25) is 0 Å². The standard InChI is InChI=1S/C15H16N2O2/c1-9-13(8-14(18)19)15(17-16-9)12-6-5-10-3-2-4-11(10)7-12/h5-7H,2-4,8H2,1H3,(H,16,17)(H,18,19). The molecule has 1 aromatic carbocycles. The highest BCUT2D eigenvalue weighted by atomic mass is 16.4. The van der Waals surface area contributed by atoms with Crippen LogP contribution in [-0.2, 0) is 24.1 Å². The first-order valence-electron chi connectivity index (χ1n) is 6.53. The number of aliphatic carboxylic acids is 1. The van der Waals surface area contributed by atoms with Crippen molar-refractivity contribution in [2.75, 3.05) is 0 Å². The molecule has 0 spiro atoms. The Morgan fingerprint density at radius 2 is 2.16 bits per heavy atom. The number of nitrogens with zero attached hydrogens (tertiary/aromatic N) is 1. The summed E-state index contributed by atoms with van der Waals surface area (Å²) in [7, 11) is 0. The number of benzene rings is 1. The molecule has 3 rings (SSSR count). The number of carbonyl (C=O) groups is 1. The van der Waals surface area contributed by atoms with E-state index in [4.69, 9.17) is 5.11 Å². The van der Waals surface area contributed by atoms with Crippen molar-refractivity contribution in [1.82, 2.24) is 10.2 Å². The van der Waals surface area contributed by atoms with Crippen LogP contribution in [-0.4, -0.2) is 21.3 Å². The second kappa shape index (κ2) is 4.53. The molecular formula is C15H16N2O2. The van der Waals surface area contributed by atoms with E-state index in [9.17, 15) is 4.79 Å². The first-order chi connectivity index (χ1) is 9.15. The van der Waals surface area contributed by atoms with Gasteiger partial charge >= 0.3 is 5.97 Å². The van der Waals surface area contributed by atoms with Crippen LogP contribution in [0.25, 0.3) is 11.3 Å². The molecule has 0 radical (unpaired) electrons. The van der Waals surface area contributed by atoms with Crippen LogP contribution in [0.5, 0.6) is 0 Å². The van der Waals surface area contributed by atoms with Crippen molar-refractivity contribution in [2.45, 2.75) is 32.6 Å². The van der Waals surface area contributed by atoms with Gasteiger partial charge in [0.15, 0.2) is 0 Å². The van der Waals surface area contributed by atoms with E-state index >= 15 is 0 Å². The largest absolute Gasteiger partial charge is 0.481 e. The molecule has 4 nitrogen and oxygen atoms in total. The summed E-state index contributed by atoms with van der Waals surface area (Å²) in [6.45, 7) is 1.86. The average molecular weight is 256 g/mol. The predicted molar refractivity (Wildman–Crippen MR) is 72.1 cm³/mol. The quantitative estimate of drug-likeness (QED) is 0.886. The maximum Gasteiger partial charge on any atom is 0.307 e. The third kappa shape index (κ3) is 2.14. The Bertz CT molecular complexity index is 644. The van der Waals surface area contributed by atoms with Crippen LogP contribution in [0.1, 0.15) is 28.8 Å². The van der Waals surface area contributed by atoms with Crippen LogP contribution in [0.4, 0.5) is 0 Å². The highest BCUT2D eigenvalue weighted by Crippen LogP contribution is 2.29. The van der Waals surface area contributed by atoms with Gasteiger partial charge in [-0.05, 0) is 43.4 Å². The van der Waals surface area contributed by atoms with Gasteiger partial charge in [0, 0.05) is 16.8 Å². The zero-order valence-corrected chi connectivity index (χ0v) is 10.9. The van der Waals surface area contributed by atoms with E-state index in [2.05, 4.69) is 22.3 Å². The lowest BCUT2D eigenvalue weighted by Crippen LogP contribution is -2.02. The second-order valence-corrected chi connectivity index (χ2v) is 5.08. The molecule has 0 saturated heterocycles. The lowest BCUT2D eigenvalue weighted by molar-refractivity contribution is -0.136. The fourth-order valence-corrected chi connectivity index (χ4v) is 2.78. The van der Waals surface area contributed by atoms with Crippen molar-refractivity contribution in [3.8, 4) is 11.3 Å². The number of hydrogen-bond donors (Lipinski definition) is 2. The van der Waals surface area contributed by atoms with E-state index in [0.29, 0.717) is 0 Å². The molecular weight excluding hydrogens is 240 g/mol. The van der Waals surface area contributed by atoms with E-state index in [-0.39, 0.29) is 6.42 Å². The number of nitrogens with one attached hydrogen (secondary N) is 1. The molecule has 0 aliphatic heterocycles. The number of aromatic nitrogens is 2. The fraction of sp³-hybridized carbons (Fsp3) is 0.333. The Morgan fingerprint density at radius 3 is 2.95 bits per heavy atom. The Labute approximate surface area is 111 Å². The number of carboxylic acids is 1. The number of fused-ring (bicyclic) bond motifs is 1. The molecule has 1 aliphatic rings. The van der Waals surface area contributed by atoms with Gasteiger partial charge in [0.25, 0.3) is 0 Å². The Balaban J connectivity index is 2.04. The summed E-state index contributed by atoms with van der Waals surface area (Å²) >= 11 is 0. The molecule has 0 unspecified atom stereocenters. The molecule has 1 aromatic heterocycles. The minimum atomic E-state index is -0.827. The van der Waals surface area contributed by atoms with Crippen molar-refractivity contribution >= 4 is 5.97 Å². The highest BCUT2D eigenvalue weighted by molar-refractivity contribution is 5.76. The van der Waals surface area contributed by atoms with E-state index in [1.807, 2.05) is 13.0 Å². The van der Waals surface area contributed by atoms with Crippen LogP contribution < -0.4 is 0 Å². The zero-order chi connectivity index (χ0) is 13.4. The van der Waals surface area contributed by atoms with Gasteiger partial charge in [0.1, 0.15) is 0 Å². The topological polar surface area (TPSA) is 66.0 Å². The van der Waals surface area contributed by atoms with Crippen LogP contribution >= 0.6 is 0 Å². The fourth-order valence-electron chi connectivity index (χ4n) is 2.78. The molecule has 0 fully saturated rings. The van der Waals surface area contributed by atoms with Gasteiger partial charge in [-0.3, -0.25) is 9.89 Å². The molecule has 1 heterocycles. The summed E-state index contributed by atoms with van der Waals surface area (Å²) in [5, 5.41) is 16.2. The number of carboxylic acid groups (broad SMARTS) is 1. The van der Waals surface area contributed by atoms with Gasteiger partial charge in [0.05, 0.1) is 12.1 Å². The van der Waals surface area contributed by atoms with Gasteiger partial charge in [-0.25, -0.2) is 0 Å². The summed E-state index contributed by atoms with van der Waals surface area (Å²) in [5.74, 6) is -0.827. The smallest absolute Gasteiger partial charge is 0.307 e. The first kappa shape index (κ1) is 12.0. The van der Waals surface area contributed by atoms with Gasteiger partial charge in [-0.15, -0.1) is 0 Å². The van der Waals surface area contributed by atoms with Gasteiger partial charge in [-0.1, -0.05) is 12.1 Å². The normalized spacial score (nSPS) is 13.5. The average Bonchev–Trinajstić information content (AvgIpc) is 2.96. The summed E-state index contributed by atoms with van der Waals surface area (Å²) in [5.41, 5.74) is 6.19. The number of hydrogen-bond acceptors (Lipinski definition) is 2. The minimum Gasteiger partial charge on any atom is -0.481 e. The Kier molecular flexibility index (Phi) is 2.85. The van der Waals surface area contributed by atoms with Crippen LogP contribution in [0.15, 0.2) is 18.2 Å². The predicted octanol–water partition coefficient (Wildman–Crippen LogP) is 2.50. The van der Waals surface area contributed by atoms with Gasteiger partial charge in [0.2, 0.25) is 0 Å². The van der Waals surface area contributed by atoms with Crippen molar-refractivity contribution in [3.05, 3.63) is 40.6 Å². The van der Waals surface area contributed by atoms with E-state index in [1.54, 1.807) is 0 Å². The molecule has 2 aromatic rings.